The third kappa shape index (κ3) is 2.68. The first-order valence-electron chi connectivity index (χ1n) is 7.67. The van der Waals surface area contributed by atoms with Crippen LogP contribution in [0, 0.1) is 11.8 Å². The minimum absolute atomic E-state index is 0.337. The first-order valence-corrected chi connectivity index (χ1v) is 7.67. The third-order valence-electron chi connectivity index (χ3n) is 4.62. The highest BCUT2D eigenvalue weighted by Gasteiger charge is 2.28. The largest absolute Gasteiger partial charge is 0.386 e. The summed E-state index contributed by atoms with van der Waals surface area (Å²) in [6.45, 7) is 2.25. The number of hydrogen-bond donors (Lipinski definition) is 1. The van der Waals surface area contributed by atoms with Crippen LogP contribution in [0.2, 0.25) is 0 Å². The van der Waals surface area contributed by atoms with Crippen molar-refractivity contribution in [3.63, 3.8) is 0 Å². The molecule has 1 saturated carbocycles. The molecule has 0 radical (unpaired) electrons. The van der Waals surface area contributed by atoms with Gasteiger partial charge in [0.2, 0.25) is 0 Å². The lowest BCUT2D eigenvalue weighted by Gasteiger charge is -2.31. The molecule has 1 aliphatic carbocycles. The molecule has 0 aliphatic heterocycles. The predicted molar refractivity (Wildman–Crippen MR) is 80.2 cm³/mol. The lowest BCUT2D eigenvalue weighted by molar-refractivity contribution is 0.0645. The molecule has 3 atom stereocenters. The quantitative estimate of drug-likeness (QED) is 0.920. The SMILES string of the molecule is CCC1CCCC(C(O)c2cnc3ccccc3n2)C1. The van der Waals surface area contributed by atoms with E-state index in [0.717, 1.165) is 35.5 Å². The smallest absolute Gasteiger partial charge is 0.100 e. The second-order valence-corrected chi connectivity index (χ2v) is 5.93. The molecule has 1 aromatic carbocycles. The Morgan fingerprint density at radius 2 is 2.05 bits per heavy atom. The van der Waals surface area contributed by atoms with Gasteiger partial charge in [-0.2, -0.15) is 0 Å². The van der Waals surface area contributed by atoms with E-state index < -0.39 is 6.10 Å². The summed E-state index contributed by atoms with van der Waals surface area (Å²) in [4.78, 5) is 9.00. The van der Waals surface area contributed by atoms with Crippen LogP contribution in [0.25, 0.3) is 11.0 Å². The Kier molecular flexibility index (Phi) is 3.97. The molecule has 1 N–H and O–H groups in total. The Hall–Kier alpha value is -1.48. The third-order valence-corrected chi connectivity index (χ3v) is 4.62. The molecule has 1 fully saturated rings. The van der Waals surface area contributed by atoms with Gasteiger partial charge < -0.3 is 5.11 Å². The number of hydrogen-bond acceptors (Lipinski definition) is 3. The molecular weight excluding hydrogens is 248 g/mol. The predicted octanol–water partition coefficient (Wildman–Crippen LogP) is 3.88. The van der Waals surface area contributed by atoms with Crippen molar-refractivity contribution in [3.05, 3.63) is 36.2 Å². The van der Waals surface area contributed by atoms with Crippen LogP contribution in [0.1, 0.15) is 50.8 Å². The number of benzene rings is 1. The monoisotopic (exact) mass is 270 g/mol. The summed E-state index contributed by atoms with van der Waals surface area (Å²) in [7, 11) is 0. The molecule has 0 spiro atoms. The number of aliphatic hydroxyl groups excluding tert-OH is 1. The highest BCUT2D eigenvalue weighted by atomic mass is 16.3. The summed E-state index contributed by atoms with van der Waals surface area (Å²) in [6, 6.07) is 7.82. The van der Waals surface area contributed by atoms with Crippen LogP contribution in [0.3, 0.4) is 0 Å². The highest BCUT2D eigenvalue weighted by molar-refractivity contribution is 5.73. The summed E-state index contributed by atoms with van der Waals surface area (Å²) < 4.78 is 0. The van der Waals surface area contributed by atoms with Crippen LogP contribution < -0.4 is 0 Å². The number of fused-ring (bicyclic) bond motifs is 1. The molecule has 3 unspecified atom stereocenters. The average Bonchev–Trinajstić information content (AvgIpc) is 2.53. The van der Waals surface area contributed by atoms with Gasteiger partial charge in [-0.1, -0.05) is 38.3 Å². The average molecular weight is 270 g/mol. The molecule has 3 nitrogen and oxygen atoms in total. The fourth-order valence-electron chi connectivity index (χ4n) is 3.35. The molecule has 0 amide bonds. The number of para-hydroxylation sites is 2. The topological polar surface area (TPSA) is 46.0 Å². The van der Waals surface area contributed by atoms with Gasteiger partial charge in [0.25, 0.3) is 0 Å². The molecule has 2 aromatic rings. The van der Waals surface area contributed by atoms with Gasteiger partial charge in [0, 0.05) is 0 Å². The second-order valence-electron chi connectivity index (χ2n) is 5.93. The molecule has 0 saturated heterocycles. The van der Waals surface area contributed by atoms with Crippen molar-refractivity contribution in [2.75, 3.05) is 0 Å². The standard InChI is InChI=1S/C17H22N2O/c1-2-12-6-5-7-13(10-12)17(20)16-11-18-14-8-3-4-9-15(14)19-16/h3-4,8-9,11-13,17,20H,2,5-7,10H2,1H3. The van der Waals surface area contributed by atoms with Crippen molar-refractivity contribution in [1.82, 2.24) is 9.97 Å². The van der Waals surface area contributed by atoms with Gasteiger partial charge in [-0.25, -0.2) is 4.98 Å². The zero-order chi connectivity index (χ0) is 13.9. The summed E-state index contributed by atoms with van der Waals surface area (Å²) in [5.41, 5.74) is 2.48. The van der Waals surface area contributed by atoms with E-state index in [4.69, 9.17) is 0 Å². The summed E-state index contributed by atoms with van der Waals surface area (Å²) in [5, 5.41) is 10.6. The van der Waals surface area contributed by atoms with E-state index in [1.165, 1.54) is 19.3 Å². The summed E-state index contributed by atoms with van der Waals surface area (Å²) in [5.74, 6) is 1.10. The second kappa shape index (κ2) is 5.88. The van der Waals surface area contributed by atoms with E-state index in [1.54, 1.807) is 6.20 Å². The van der Waals surface area contributed by atoms with Gasteiger partial charge >= 0.3 is 0 Å². The number of aromatic nitrogens is 2. The Morgan fingerprint density at radius 3 is 2.85 bits per heavy atom. The van der Waals surface area contributed by atoms with Crippen LogP contribution in [0.15, 0.2) is 30.5 Å². The zero-order valence-corrected chi connectivity index (χ0v) is 12.0. The first-order chi connectivity index (χ1) is 9.78. The van der Waals surface area contributed by atoms with Crippen LogP contribution in [0.4, 0.5) is 0 Å². The number of nitrogens with zero attached hydrogens (tertiary/aromatic N) is 2. The summed E-state index contributed by atoms with van der Waals surface area (Å²) in [6.07, 6.45) is 7.24. The summed E-state index contributed by atoms with van der Waals surface area (Å²) >= 11 is 0. The van der Waals surface area contributed by atoms with Crippen LogP contribution in [-0.4, -0.2) is 15.1 Å². The van der Waals surface area contributed by atoms with Crippen molar-refractivity contribution in [2.45, 2.75) is 45.1 Å². The Labute approximate surface area is 120 Å². The maximum Gasteiger partial charge on any atom is 0.100 e. The number of aliphatic hydroxyl groups is 1. The van der Waals surface area contributed by atoms with E-state index in [2.05, 4.69) is 16.9 Å². The Morgan fingerprint density at radius 1 is 1.25 bits per heavy atom. The number of rotatable bonds is 3. The molecule has 1 heterocycles. The van der Waals surface area contributed by atoms with E-state index >= 15 is 0 Å². The molecule has 1 aromatic heterocycles. The lowest BCUT2D eigenvalue weighted by Crippen LogP contribution is -2.22. The fourth-order valence-corrected chi connectivity index (χ4v) is 3.35. The normalized spacial score (nSPS) is 24.7. The van der Waals surface area contributed by atoms with Crippen molar-refractivity contribution >= 4 is 11.0 Å². The van der Waals surface area contributed by atoms with Crippen LogP contribution in [0.5, 0.6) is 0 Å². The molecule has 1 aliphatic rings. The Balaban J connectivity index is 1.82. The van der Waals surface area contributed by atoms with Crippen LogP contribution in [-0.2, 0) is 0 Å². The molecule has 3 heteroatoms. The zero-order valence-electron chi connectivity index (χ0n) is 12.0. The van der Waals surface area contributed by atoms with Crippen molar-refractivity contribution < 1.29 is 5.11 Å². The molecule has 20 heavy (non-hydrogen) atoms. The van der Waals surface area contributed by atoms with Crippen molar-refractivity contribution in [1.29, 1.82) is 0 Å². The highest BCUT2D eigenvalue weighted by Crippen LogP contribution is 2.37. The minimum atomic E-state index is -0.471. The van der Waals surface area contributed by atoms with Gasteiger partial charge in [0.15, 0.2) is 0 Å². The van der Waals surface area contributed by atoms with Gasteiger partial charge in [-0.05, 0) is 36.8 Å². The van der Waals surface area contributed by atoms with Gasteiger partial charge in [0.05, 0.1) is 22.9 Å². The van der Waals surface area contributed by atoms with Crippen molar-refractivity contribution in [3.8, 4) is 0 Å². The van der Waals surface area contributed by atoms with Gasteiger partial charge in [-0.15, -0.1) is 0 Å². The van der Waals surface area contributed by atoms with E-state index in [1.807, 2.05) is 24.3 Å². The van der Waals surface area contributed by atoms with Crippen LogP contribution >= 0.6 is 0 Å². The maximum absolute atomic E-state index is 10.6. The van der Waals surface area contributed by atoms with Gasteiger partial charge in [0.1, 0.15) is 6.10 Å². The van der Waals surface area contributed by atoms with Gasteiger partial charge in [-0.3, -0.25) is 4.98 Å². The first kappa shape index (κ1) is 13.5. The van der Waals surface area contributed by atoms with E-state index in [9.17, 15) is 5.11 Å². The molecular formula is C17H22N2O. The molecule has 3 rings (SSSR count). The minimum Gasteiger partial charge on any atom is -0.386 e. The lowest BCUT2D eigenvalue weighted by atomic mass is 9.77. The van der Waals surface area contributed by atoms with E-state index in [0.29, 0.717) is 5.92 Å². The van der Waals surface area contributed by atoms with E-state index in [-0.39, 0.29) is 0 Å². The Bertz CT molecular complexity index is 584. The van der Waals surface area contributed by atoms with Crippen molar-refractivity contribution in [2.24, 2.45) is 11.8 Å². The maximum atomic E-state index is 10.6. The molecule has 0 bridgehead atoms. The fraction of sp³-hybridized carbons (Fsp3) is 0.529. The molecule has 106 valence electrons.